The number of aryl methyl sites for hydroxylation is 1. The van der Waals surface area contributed by atoms with E-state index >= 15 is 0 Å². The topological polar surface area (TPSA) is 41.1 Å². The Morgan fingerprint density at radius 1 is 1.30 bits per heavy atom. The molecule has 1 aromatic carbocycles. The van der Waals surface area contributed by atoms with Crippen LogP contribution in [0.25, 0.3) is 0 Å². The van der Waals surface area contributed by atoms with Crippen molar-refractivity contribution in [3.05, 3.63) is 34.9 Å². The zero-order valence-corrected chi connectivity index (χ0v) is 12.8. The molecule has 110 valence electrons. The normalized spacial score (nSPS) is 16.5. The first-order valence-corrected chi connectivity index (χ1v) is 7.70. The summed E-state index contributed by atoms with van der Waals surface area (Å²) in [5, 5.41) is 6.36. The Morgan fingerprint density at radius 3 is 2.80 bits per heavy atom. The molecule has 0 aliphatic carbocycles. The first-order chi connectivity index (χ1) is 9.61. The minimum absolute atomic E-state index is 0.0815. The average molecular weight is 274 g/mol. The lowest BCUT2D eigenvalue weighted by atomic mass is 9.93. The van der Waals surface area contributed by atoms with Gasteiger partial charge in [0.2, 0.25) is 0 Å². The summed E-state index contributed by atoms with van der Waals surface area (Å²) < 4.78 is 0. The number of amides is 1. The second-order valence-electron chi connectivity index (χ2n) is 6.09. The molecule has 0 saturated heterocycles. The van der Waals surface area contributed by atoms with Gasteiger partial charge < -0.3 is 10.6 Å². The van der Waals surface area contributed by atoms with Crippen molar-refractivity contribution in [2.24, 2.45) is 5.92 Å². The van der Waals surface area contributed by atoms with E-state index in [1.807, 2.05) is 7.05 Å². The minimum atomic E-state index is 0.0815. The number of rotatable bonds is 5. The molecule has 1 aliphatic heterocycles. The Kier molecular flexibility index (Phi) is 5.18. The number of benzene rings is 1. The fourth-order valence-electron chi connectivity index (χ4n) is 2.79. The molecule has 0 saturated carbocycles. The van der Waals surface area contributed by atoms with Gasteiger partial charge in [-0.3, -0.25) is 4.79 Å². The van der Waals surface area contributed by atoms with Crippen molar-refractivity contribution in [2.45, 2.75) is 45.6 Å². The summed E-state index contributed by atoms with van der Waals surface area (Å²) in [4.78, 5) is 12.1. The second-order valence-corrected chi connectivity index (χ2v) is 6.09. The first kappa shape index (κ1) is 15.0. The molecule has 2 N–H and O–H groups in total. The average Bonchev–Trinajstić information content (AvgIpc) is 2.61. The minimum Gasteiger partial charge on any atom is -0.352 e. The SMILES string of the molecule is CNC(CCC(C)C)c1ccc2c(c1)C(=O)NCCC2. The van der Waals surface area contributed by atoms with Crippen molar-refractivity contribution >= 4 is 5.91 Å². The highest BCUT2D eigenvalue weighted by Crippen LogP contribution is 2.24. The van der Waals surface area contributed by atoms with E-state index in [0.29, 0.717) is 12.0 Å². The van der Waals surface area contributed by atoms with Crippen LogP contribution in [-0.4, -0.2) is 19.5 Å². The number of hydrogen-bond acceptors (Lipinski definition) is 2. The molecule has 1 amide bonds. The van der Waals surface area contributed by atoms with Crippen LogP contribution in [0.3, 0.4) is 0 Å². The maximum absolute atomic E-state index is 12.1. The van der Waals surface area contributed by atoms with Gasteiger partial charge in [0.15, 0.2) is 0 Å². The predicted octanol–water partition coefficient (Wildman–Crippen LogP) is 3.06. The van der Waals surface area contributed by atoms with Crippen LogP contribution in [-0.2, 0) is 6.42 Å². The molecule has 1 aliphatic rings. The van der Waals surface area contributed by atoms with Crippen molar-refractivity contribution in [1.82, 2.24) is 10.6 Å². The lowest BCUT2D eigenvalue weighted by Gasteiger charge is -2.19. The number of hydrogen-bond donors (Lipinski definition) is 2. The summed E-state index contributed by atoms with van der Waals surface area (Å²) in [6.07, 6.45) is 4.31. The molecule has 3 nitrogen and oxygen atoms in total. The van der Waals surface area contributed by atoms with Gasteiger partial charge >= 0.3 is 0 Å². The van der Waals surface area contributed by atoms with Crippen LogP contribution in [0.5, 0.6) is 0 Å². The standard InChI is InChI=1S/C17H26N2O/c1-12(2)6-9-16(18-3)14-8-7-13-5-4-10-19-17(20)15(13)11-14/h7-8,11-12,16,18H,4-6,9-10H2,1-3H3,(H,19,20). The van der Waals surface area contributed by atoms with Gasteiger partial charge in [0.05, 0.1) is 0 Å². The lowest BCUT2D eigenvalue weighted by Crippen LogP contribution is -2.23. The van der Waals surface area contributed by atoms with Gasteiger partial charge in [0.25, 0.3) is 5.91 Å². The summed E-state index contributed by atoms with van der Waals surface area (Å²) in [5.74, 6) is 0.785. The quantitative estimate of drug-likeness (QED) is 0.866. The van der Waals surface area contributed by atoms with Crippen molar-refractivity contribution in [2.75, 3.05) is 13.6 Å². The van der Waals surface area contributed by atoms with Crippen LogP contribution < -0.4 is 10.6 Å². The molecule has 2 rings (SSSR count). The fraction of sp³-hybridized carbons (Fsp3) is 0.588. The van der Waals surface area contributed by atoms with Gasteiger partial charge in [0, 0.05) is 18.2 Å². The van der Waals surface area contributed by atoms with Crippen molar-refractivity contribution in [3.8, 4) is 0 Å². The highest BCUT2D eigenvalue weighted by atomic mass is 16.1. The molecular formula is C17H26N2O. The van der Waals surface area contributed by atoms with Crippen molar-refractivity contribution < 1.29 is 4.79 Å². The third kappa shape index (κ3) is 3.60. The van der Waals surface area contributed by atoms with Gasteiger partial charge in [-0.1, -0.05) is 26.0 Å². The predicted molar refractivity (Wildman–Crippen MR) is 83.0 cm³/mol. The molecule has 0 radical (unpaired) electrons. The third-order valence-corrected chi connectivity index (χ3v) is 4.07. The molecule has 0 aromatic heterocycles. The molecular weight excluding hydrogens is 248 g/mol. The molecule has 0 spiro atoms. The Morgan fingerprint density at radius 2 is 2.10 bits per heavy atom. The lowest BCUT2D eigenvalue weighted by molar-refractivity contribution is 0.0956. The van der Waals surface area contributed by atoms with E-state index in [4.69, 9.17) is 0 Å². The molecule has 0 bridgehead atoms. The zero-order valence-electron chi connectivity index (χ0n) is 12.8. The monoisotopic (exact) mass is 274 g/mol. The van der Waals surface area contributed by atoms with Gasteiger partial charge in [-0.25, -0.2) is 0 Å². The Balaban J connectivity index is 2.21. The Hall–Kier alpha value is -1.35. The highest BCUT2D eigenvalue weighted by molar-refractivity contribution is 5.96. The van der Waals surface area contributed by atoms with Gasteiger partial charge in [0.1, 0.15) is 0 Å². The number of fused-ring (bicyclic) bond motifs is 1. The van der Waals surface area contributed by atoms with Crippen LogP contribution in [0.1, 0.15) is 60.6 Å². The molecule has 1 unspecified atom stereocenters. The molecule has 1 aromatic rings. The fourth-order valence-corrected chi connectivity index (χ4v) is 2.79. The zero-order chi connectivity index (χ0) is 14.5. The van der Waals surface area contributed by atoms with E-state index < -0.39 is 0 Å². The van der Waals surface area contributed by atoms with Gasteiger partial charge in [-0.05, 0) is 55.8 Å². The van der Waals surface area contributed by atoms with E-state index in [-0.39, 0.29) is 5.91 Å². The molecule has 0 fully saturated rings. The van der Waals surface area contributed by atoms with E-state index in [9.17, 15) is 4.79 Å². The Labute approximate surface area is 122 Å². The smallest absolute Gasteiger partial charge is 0.251 e. The van der Waals surface area contributed by atoms with E-state index in [1.54, 1.807) is 0 Å². The van der Waals surface area contributed by atoms with Gasteiger partial charge in [-0.2, -0.15) is 0 Å². The molecule has 3 heteroatoms. The van der Waals surface area contributed by atoms with Gasteiger partial charge in [-0.15, -0.1) is 0 Å². The van der Waals surface area contributed by atoms with Crippen LogP contribution in [0.15, 0.2) is 18.2 Å². The third-order valence-electron chi connectivity index (χ3n) is 4.07. The summed E-state index contributed by atoms with van der Waals surface area (Å²) in [5.41, 5.74) is 3.27. The van der Waals surface area contributed by atoms with Crippen LogP contribution >= 0.6 is 0 Å². The number of carbonyl (C=O) groups is 1. The van der Waals surface area contributed by atoms with Crippen molar-refractivity contribution in [1.29, 1.82) is 0 Å². The van der Waals surface area contributed by atoms with Crippen LogP contribution in [0.4, 0.5) is 0 Å². The molecule has 1 atom stereocenters. The number of nitrogens with one attached hydrogen (secondary N) is 2. The van der Waals surface area contributed by atoms with E-state index in [2.05, 4.69) is 42.7 Å². The number of carbonyl (C=O) groups excluding carboxylic acids is 1. The largest absolute Gasteiger partial charge is 0.352 e. The summed E-state index contributed by atoms with van der Waals surface area (Å²) in [7, 11) is 2.00. The van der Waals surface area contributed by atoms with E-state index in [0.717, 1.165) is 31.4 Å². The molecule has 20 heavy (non-hydrogen) atoms. The summed E-state index contributed by atoms with van der Waals surface area (Å²) in [6, 6.07) is 6.73. The first-order valence-electron chi connectivity index (χ1n) is 7.70. The maximum atomic E-state index is 12.1. The second kappa shape index (κ2) is 6.89. The van der Waals surface area contributed by atoms with Crippen LogP contribution in [0.2, 0.25) is 0 Å². The summed E-state index contributed by atoms with van der Waals surface area (Å²) >= 11 is 0. The van der Waals surface area contributed by atoms with Crippen molar-refractivity contribution in [3.63, 3.8) is 0 Å². The maximum Gasteiger partial charge on any atom is 0.251 e. The summed E-state index contributed by atoms with van der Waals surface area (Å²) in [6.45, 7) is 5.28. The van der Waals surface area contributed by atoms with E-state index in [1.165, 1.54) is 17.5 Å². The Bertz CT molecular complexity index is 468. The molecule has 1 heterocycles. The highest BCUT2D eigenvalue weighted by Gasteiger charge is 2.18. The van der Waals surface area contributed by atoms with Crippen LogP contribution in [0, 0.1) is 5.92 Å².